The average Bonchev–Trinajstić information content (AvgIpc) is 2.77. The van der Waals surface area contributed by atoms with Crippen LogP contribution < -0.4 is 4.61 Å². The fraction of sp³-hybridized carbons (Fsp3) is 0.250. The van der Waals surface area contributed by atoms with E-state index in [1.165, 1.54) is 52.6 Å². The van der Waals surface area contributed by atoms with Crippen LogP contribution in [0.5, 0.6) is 0 Å². The third-order valence-corrected chi connectivity index (χ3v) is 4.73. The van der Waals surface area contributed by atoms with Crippen molar-refractivity contribution in [2.75, 3.05) is 0 Å². The number of aromatic nitrogens is 3. The molecular formula is C16H16AsN3. The summed E-state index contributed by atoms with van der Waals surface area (Å²) in [6.45, 7) is 0. The van der Waals surface area contributed by atoms with Gasteiger partial charge < -0.3 is 0 Å². The molecule has 1 fully saturated rings. The maximum absolute atomic E-state index is 4.70. The second-order valence-electron chi connectivity index (χ2n) is 5.37. The van der Waals surface area contributed by atoms with Crippen LogP contribution in [0.1, 0.15) is 25.3 Å². The molecular weight excluding hydrogens is 309 g/mol. The van der Waals surface area contributed by atoms with Gasteiger partial charge in [-0.3, -0.25) is 0 Å². The van der Waals surface area contributed by atoms with Crippen LogP contribution in [0, 0.1) is 0 Å². The predicted octanol–water partition coefficient (Wildman–Crippen LogP) is 2.08. The van der Waals surface area contributed by atoms with E-state index in [2.05, 4.69) is 46.1 Å². The Bertz CT molecular complexity index is 760. The minimum absolute atomic E-state index is 0.622. The van der Waals surface area contributed by atoms with E-state index in [1.54, 1.807) is 0 Å². The van der Waals surface area contributed by atoms with Crippen molar-refractivity contribution in [2.24, 2.45) is 0 Å². The summed E-state index contributed by atoms with van der Waals surface area (Å²) in [5.74, 6) is 0. The number of benzene rings is 1. The van der Waals surface area contributed by atoms with Crippen LogP contribution in [0.25, 0.3) is 22.2 Å². The molecule has 4 rings (SSSR count). The molecule has 20 heavy (non-hydrogen) atoms. The van der Waals surface area contributed by atoms with Gasteiger partial charge in [-0.25, -0.2) is 0 Å². The van der Waals surface area contributed by atoms with Crippen LogP contribution in [0.15, 0.2) is 42.7 Å². The first-order chi connectivity index (χ1) is 9.83. The van der Waals surface area contributed by atoms with Crippen LogP contribution in [0.4, 0.5) is 0 Å². The molecule has 2 aromatic heterocycles. The monoisotopic (exact) mass is 325 g/mol. The van der Waals surface area contributed by atoms with Crippen molar-refractivity contribution in [1.29, 1.82) is 0 Å². The summed E-state index contributed by atoms with van der Waals surface area (Å²) in [4.78, 5) is 9.12. The maximum atomic E-state index is 4.70. The van der Waals surface area contributed by atoms with Crippen molar-refractivity contribution in [2.45, 2.75) is 25.3 Å². The molecule has 2 heterocycles. The van der Waals surface area contributed by atoms with Gasteiger partial charge in [-0.05, 0) is 0 Å². The molecule has 0 N–H and O–H groups in total. The molecule has 1 aromatic carbocycles. The van der Waals surface area contributed by atoms with E-state index < -0.39 is 0 Å². The van der Waals surface area contributed by atoms with E-state index in [0.717, 1.165) is 10.3 Å². The Morgan fingerprint density at radius 3 is 2.65 bits per heavy atom. The van der Waals surface area contributed by atoms with E-state index in [-0.39, 0.29) is 0 Å². The van der Waals surface area contributed by atoms with Gasteiger partial charge in [-0.15, -0.1) is 0 Å². The van der Waals surface area contributed by atoms with E-state index in [4.69, 9.17) is 4.98 Å². The number of hydrogen-bond acceptors (Lipinski definition) is 2. The van der Waals surface area contributed by atoms with Crippen molar-refractivity contribution < 1.29 is 0 Å². The molecule has 100 valence electrons. The normalized spacial score (nSPS) is 15.4. The molecule has 3 nitrogen and oxygen atoms in total. The summed E-state index contributed by atoms with van der Waals surface area (Å²) in [5, 5.41) is 1.17. The van der Waals surface area contributed by atoms with Crippen molar-refractivity contribution >= 4 is 32.5 Å². The summed E-state index contributed by atoms with van der Waals surface area (Å²) in [6.07, 6.45) is 8.12. The second kappa shape index (κ2) is 4.75. The Morgan fingerprint density at radius 2 is 1.95 bits per heavy atom. The number of rotatable bonds is 2. The topological polar surface area (TPSA) is 30.7 Å². The van der Waals surface area contributed by atoms with Crippen molar-refractivity contribution in [1.82, 2.24) is 14.5 Å². The van der Waals surface area contributed by atoms with Gasteiger partial charge in [-0.2, -0.15) is 0 Å². The summed E-state index contributed by atoms with van der Waals surface area (Å²) in [6, 6.07) is 11.2. The zero-order chi connectivity index (χ0) is 13.5. The fourth-order valence-corrected chi connectivity index (χ4v) is 3.25. The van der Waals surface area contributed by atoms with E-state index in [0.29, 0.717) is 6.04 Å². The minimum atomic E-state index is 0.622. The Morgan fingerprint density at radius 1 is 1.15 bits per heavy atom. The van der Waals surface area contributed by atoms with E-state index >= 15 is 0 Å². The summed E-state index contributed by atoms with van der Waals surface area (Å²) in [7, 11) is 0. The van der Waals surface area contributed by atoms with Crippen molar-refractivity contribution in [3.63, 3.8) is 0 Å². The fourth-order valence-electron chi connectivity index (χ4n) is 2.83. The SMILES string of the molecule is [AsH2]c1ncc2c(-c3ccccc3)cn(C3CCC3)c2n1. The van der Waals surface area contributed by atoms with Gasteiger partial charge in [0.15, 0.2) is 0 Å². The molecule has 0 amide bonds. The van der Waals surface area contributed by atoms with Crippen LogP contribution in [0.3, 0.4) is 0 Å². The Balaban J connectivity index is 1.97. The molecule has 1 aliphatic rings. The van der Waals surface area contributed by atoms with Crippen LogP contribution in [0.2, 0.25) is 0 Å². The first kappa shape index (κ1) is 12.2. The van der Waals surface area contributed by atoms with Gasteiger partial charge in [0.05, 0.1) is 0 Å². The Kier molecular flexibility index (Phi) is 2.89. The molecule has 1 unspecified atom stereocenters. The van der Waals surface area contributed by atoms with Gasteiger partial charge >= 0.3 is 126 Å². The molecule has 0 saturated heterocycles. The average molecular weight is 325 g/mol. The third kappa shape index (κ3) is 1.89. The van der Waals surface area contributed by atoms with Crippen LogP contribution in [-0.4, -0.2) is 31.4 Å². The summed E-state index contributed by atoms with van der Waals surface area (Å²) >= 11 is 1.48. The summed E-state index contributed by atoms with van der Waals surface area (Å²) < 4.78 is 3.27. The molecule has 0 aliphatic heterocycles. The van der Waals surface area contributed by atoms with Gasteiger partial charge in [-0.1, -0.05) is 0 Å². The van der Waals surface area contributed by atoms with E-state index in [1.807, 2.05) is 6.20 Å². The molecule has 3 aromatic rings. The van der Waals surface area contributed by atoms with E-state index in [9.17, 15) is 0 Å². The molecule has 1 saturated carbocycles. The van der Waals surface area contributed by atoms with Gasteiger partial charge in [0.1, 0.15) is 0 Å². The Hall–Kier alpha value is -1.60. The first-order valence-electron chi connectivity index (χ1n) is 7.01. The zero-order valence-corrected chi connectivity index (χ0v) is 13.6. The first-order valence-corrected chi connectivity index (χ1v) is 8.22. The van der Waals surface area contributed by atoms with Gasteiger partial charge in [0.25, 0.3) is 0 Å². The van der Waals surface area contributed by atoms with Crippen molar-refractivity contribution in [3.8, 4) is 11.1 Å². The van der Waals surface area contributed by atoms with Crippen LogP contribution >= 0.6 is 0 Å². The molecule has 0 spiro atoms. The second-order valence-corrected chi connectivity index (χ2v) is 6.45. The molecule has 1 atom stereocenters. The quantitative estimate of drug-likeness (QED) is 0.676. The number of nitrogens with zero attached hydrogens (tertiary/aromatic N) is 3. The van der Waals surface area contributed by atoms with Gasteiger partial charge in [0.2, 0.25) is 0 Å². The number of hydrogen-bond donors (Lipinski definition) is 0. The van der Waals surface area contributed by atoms with Crippen molar-refractivity contribution in [3.05, 3.63) is 42.7 Å². The standard InChI is InChI=1S/C16H16AsN3/c17-16-18-9-13-14(11-5-2-1-3-6-11)10-20(15(13)19-16)12-7-4-8-12/h1-3,5-6,9-10,12H,4,7-8,17H2. The van der Waals surface area contributed by atoms with Gasteiger partial charge in [0, 0.05) is 0 Å². The number of fused-ring (bicyclic) bond motifs is 1. The Labute approximate surface area is 126 Å². The zero-order valence-electron chi connectivity index (χ0n) is 11.2. The predicted molar refractivity (Wildman–Crippen MR) is 84.0 cm³/mol. The molecule has 0 bridgehead atoms. The van der Waals surface area contributed by atoms with Crippen LogP contribution in [-0.2, 0) is 0 Å². The molecule has 1 aliphatic carbocycles. The molecule has 4 heteroatoms. The summed E-state index contributed by atoms with van der Waals surface area (Å²) in [5.41, 5.74) is 3.59. The molecule has 0 radical (unpaired) electrons. The third-order valence-electron chi connectivity index (χ3n) is 4.14.